The second kappa shape index (κ2) is 5.85. The van der Waals surface area contributed by atoms with Crippen molar-refractivity contribution in [2.45, 2.75) is 32.4 Å². The van der Waals surface area contributed by atoms with Crippen LogP contribution in [0, 0.1) is 0 Å². The molecule has 0 fully saturated rings. The molecule has 0 bridgehead atoms. The van der Waals surface area contributed by atoms with E-state index in [0.29, 0.717) is 6.61 Å². The third kappa shape index (κ3) is 3.22. The summed E-state index contributed by atoms with van der Waals surface area (Å²) in [7, 11) is 3.63. The maximum atomic E-state index is 12.3. The number of hydrogen-bond acceptors (Lipinski definition) is 4. The molecule has 0 unspecified atom stereocenters. The molecule has 6 nitrogen and oxygen atoms in total. The molecule has 1 aromatic carbocycles. The minimum absolute atomic E-state index is 0.141. The fourth-order valence-corrected chi connectivity index (χ4v) is 2.72. The van der Waals surface area contributed by atoms with Crippen LogP contribution in [0.5, 0.6) is 5.75 Å². The van der Waals surface area contributed by atoms with E-state index in [4.69, 9.17) is 9.47 Å². The summed E-state index contributed by atoms with van der Waals surface area (Å²) in [6, 6.07) is 5.89. The van der Waals surface area contributed by atoms with Gasteiger partial charge in [-0.05, 0) is 32.4 Å². The van der Waals surface area contributed by atoms with E-state index >= 15 is 0 Å². The van der Waals surface area contributed by atoms with E-state index in [1.54, 1.807) is 16.6 Å². The lowest BCUT2D eigenvalue weighted by Gasteiger charge is -2.28. The number of nitrogens with zero attached hydrogens (tertiary/aromatic N) is 3. The number of aromatic nitrogens is 2. The summed E-state index contributed by atoms with van der Waals surface area (Å²) >= 11 is 0. The molecule has 2 aromatic rings. The smallest absolute Gasteiger partial charge is 0.410 e. The molecule has 0 aliphatic carbocycles. The van der Waals surface area contributed by atoms with E-state index in [-0.39, 0.29) is 12.1 Å². The molecule has 0 saturated heterocycles. The highest BCUT2D eigenvalue weighted by Gasteiger charge is 2.32. The van der Waals surface area contributed by atoms with E-state index < -0.39 is 5.60 Å². The van der Waals surface area contributed by atoms with Gasteiger partial charge in [0.15, 0.2) is 0 Å². The number of fused-ring (bicyclic) bond motifs is 1. The maximum Gasteiger partial charge on any atom is 0.410 e. The first-order valence-electron chi connectivity index (χ1n) is 7.96. The zero-order valence-corrected chi connectivity index (χ0v) is 14.7. The second-order valence-electron chi connectivity index (χ2n) is 7.07. The van der Waals surface area contributed by atoms with Gasteiger partial charge in [0, 0.05) is 31.4 Å². The van der Waals surface area contributed by atoms with Crippen LogP contribution in [0.2, 0.25) is 0 Å². The Hall–Kier alpha value is -2.50. The Kier molecular flexibility index (Phi) is 3.99. The number of rotatable bonds is 2. The Bertz CT molecular complexity index is 761. The van der Waals surface area contributed by atoms with Gasteiger partial charge in [0.05, 0.1) is 12.2 Å². The largest absolute Gasteiger partial charge is 0.491 e. The highest BCUT2D eigenvalue weighted by molar-refractivity contribution is 5.70. The number of carbonyl (C=O) groups excluding carboxylic acids is 1. The number of likely N-dealkylation sites (N-methyl/N-ethyl adjacent to an activating group) is 1. The monoisotopic (exact) mass is 329 g/mol. The van der Waals surface area contributed by atoms with Crippen LogP contribution in [-0.2, 0) is 11.8 Å². The van der Waals surface area contributed by atoms with Gasteiger partial charge in [-0.1, -0.05) is 12.1 Å². The Morgan fingerprint density at radius 3 is 2.75 bits per heavy atom. The standard InChI is InChI=1S/C18H23N3O3/c1-18(2,3)24-17(22)21(5)15-11-23-16-8-12(6-7-14(15)16)13-9-19-20(4)10-13/h6-10,15H,11H2,1-5H3/t15-/m1/s1. The van der Waals surface area contributed by atoms with Gasteiger partial charge in [-0.2, -0.15) is 5.10 Å². The Morgan fingerprint density at radius 2 is 2.12 bits per heavy atom. The summed E-state index contributed by atoms with van der Waals surface area (Å²) in [5.41, 5.74) is 2.56. The molecule has 128 valence electrons. The van der Waals surface area contributed by atoms with Gasteiger partial charge in [0.1, 0.15) is 18.0 Å². The molecule has 2 heterocycles. The lowest BCUT2D eigenvalue weighted by molar-refractivity contribution is 0.0201. The van der Waals surface area contributed by atoms with Crippen molar-refractivity contribution in [2.75, 3.05) is 13.7 Å². The molecule has 1 amide bonds. The van der Waals surface area contributed by atoms with Crippen LogP contribution < -0.4 is 4.74 Å². The average molecular weight is 329 g/mol. The number of carbonyl (C=O) groups is 1. The Balaban J connectivity index is 1.81. The molecule has 24 heavy (non-hydrogen) atoms. The predicted octanol–water partition coefficient (Wildman–Crippen LogP) is 3.39. The summed E-state index contributed by atoms with van der Waals surface area (Å²) in [4.78, 5) is 13.9. The molecule has 6 heteroatoms. The van der Waals surface area contributed by atoms with Crippen LogP contribution in [0.15, 0.2) is 30.6 Å². The number of aryl methyl sites for hydroxylation is 1. The van der Waals surface area contributed by atoms with Crippen LogP contribution in [0.3, 0.4) is 0 Å². The van der Waals surface area contributed by atoms with Crippen molar-refractivity contribution in [1.29, 1.82) is 0 Å². The van der Waals surface area contributed by atoms with Gasteiger partial charge in [0.2, 0.25) is 0 Å². The van der Waals surface area contributed by atoms with Crippen molar-refractivity contribution in [3.63, 3.8) is 0 Å². The van der Waals surface area contributed by atoms with Crippen LogP contribution >= 0.6 is 0 Å². The van der Waals surface area contributed by atoms with Gasteiger partial charge in [-0.15, -0.1) is 0 Å². The van der Waals surface area contributed by atoms with Gasteiger partial charge in [-0.25, -0.2) is 4.79 Å². The minimum Gasteiger partial charge on any atom is -0.491 e. The molecule has 1 aromatic heterocycles. The highest BCUT2D eigenvalue weighted by atomic mass is 16.6. The topological polar surface area (TPSA) is 56.6 Å². The van der Waals surface area contributed by atoms with Crippen molar-refractivity contribution >= 4 is 6.09 Å². The van der Waals surface area contributed by atoms with Gasteiger partial charge >= 0.3 is 6.09 Å². The molecule has 0 spiro atoms. The Morgan fingerprint density at radius 1 is 1.38 bits per heavy atom. The molecular weight excluding hydrogens is 306 g/mol. The summed E-state index contributed by atoms with van der Waals surface area (Å²) in [6.45, 7) is 6.01. The fourth-order valence-electron chi connectivity index (χ4n) is 2.72. The van der Waals surface area contributed by atoms with Crippen LogP contribution in [0.25, 0.3) is 11.1 Å². The van der Waals surface area contributed by atoms with Crippen LogP contribution in [0.4, 0.5) is 4.79 Å². The molecule has 1 atom stereocenters. The highest BCUT2D eigenvalue weighted by Crippen LogP contribution is 2.38. The van der Waals surface area contributed by atoms with Crippen molar-refractivity contribution in [3.05, 3.63) is 36.2 Å². The maximum absolute atomic E-state index is 12.3. The lowest BCUT2D eigenvalue weighted by atomic mass is 10.0. The van der Waals surface area contributed by atoms with E-state index in [1.165, 1.54) is 0 Å². The molecule has 1 aliphatic rings. The lowest BCUT2D eigenvalue weighted by Crippen LogP contribution is -2.37. The third-order valence-electron chi connectivity index (χ3n) is 3.96. The summed E-state index contributed by atoms with van der Waals surface area (Å²) < 4.78 is 13.0. The van der Waals surface area contributed by atoms with E-state index in [0.717, 1.165) is 22.4 Å². The van der Waals surface area contributed by atoms with E-state index in [2.05, 4.69) is 5.10 Å². The first-order valence-corrected chi connectivity index (χ1v) is 7.96. The van der Waals surface area contributed by atoms with Crippen molar-refractivity contribution in [2.24, 2.45) is 7.05 Å². The molecule has 1 aliphatic heterocycles. The fraction of sp³-hybridized carbons (Fsp3) is 0.444. The zero-order chi connectivity index (χ0) is 17.5. The quantitative estimate of drug-likeness (QED) is 0.847. The molecule has 0 N–H and O–H groups in total. The van der Waals surface area contributed by atoms with Gasteiger partial charge in [-0.3, -0.25) is 4.68 Å². The summed E-state index contributed by atoms with van der Waals surface area (Å²) in [5, 5.41) is 4.19. The van der Waals surface area contributed by atoms with Crippen LogP contribution in [-0.4, -0.2) is 40.0 Å². The van der Waals surface area contributed by atoms with Crippen molar-refractivity contribution < 1.29 is 14.3 Å². The SMILES string of the molecule is CN(C(=O)OC(C)(C)C)[C@@H]1COc2cc(-c3cnn(C)c3)ccc21. The summed E-state index contributed by atoms with van der Waals surface area (Å²) in [6.07, 6.45) is 3.43. The predicted molar refractivity (Wildman–Crippen MR) is 90.9 cm³/mol. The first-order chi connectivity index (χ1) is 11.2. The van der Waals surface area contributed by atoms with E-state index in [9.17, 15) is 4.79 Å². The molecule has 3 rings (SSSR count). The average Bonchev–Trinajstić information content (AvgIpc) is 3.10. The van der Waals surface area contributed by atoms with Crippen molar-refractivity contribution in [1.82, 2.24) is 14.7 Å². The number of hydrogen-bond donors (Lipinski definition) is 0. The van der Waals surface area contributed by atoms with Gasteiger partial charge < -0.3 is 14.4 Å². The number of ether oxygens (including phenoxy) is 2. The normalized spacial score (nSPS) is 16.5. The Labute approximate surface area is 142 Å². The minimum atomic E-state index is -0.516. The van der Waals surface area contributed by atoms with Gasteiger partial charge in [0.25, 0.3) is 0 Å². The van der Waals surface area contributed by atoms with Crippen molar-refractivity contribution in [3.8, 4) is 16.9 Å². The number of amides is 1. The second-order valence-corrected chi connectivity index (χ2v) is 7.07. The number of benzene rings is 1. The van der Waals surface area contributed by atoms with E-state index in [1.807, 2.05) is 58.4 Å². The molecule has 0 radical (unpaired) electrons. The molecule has 0 saturated carbocycles. The zero-order valence-electron chi connectivity index (χ0n) is 14.7. The summed E-state index contributed by atoms with van der Waals surface area (Å²) in [5.74, 6) is 0.803. The van der Waals surface area contributed by atoms with Crippen LogP contribution in [0.1, 0.15) is 32.4 Å². The first kappa shape index (κ1) is 16.4. The molecular formula is C18H23N3O3. The third-order valence-corrected chi connectivity index (χ3v) is 3.96.